The molecular formula is C16H23Cl2N. The minimum Gasteiger partial charge on any atom is -0.316 e. The molecule has 0 aromatic heterocycles. The molecule has 19 heavy (non-hydrogen) atoms. The third-order valence-electron chi connectivity index (χ3n) is 4.29. The van der Waals surface area contributed by atoms with Crippen LogP contribution in [0.25, 0.3) is 0 Å². The van der Waals surface area contributed by atoms with Crippen LogP contribution in [0.3, 0.4) is 0 Å². The average Bonchev–Trinajstić information content (AvgIpc) is 2.67. The second kappa shape index (κ2) is 7.52. The molecule has 0 saturated heterocycles. The molecule has 2 rings (SSSR count). The van der Waals surface area contributed by atoms with E-state index in [1.807, 2.05) is 12.1 Å². The molecule has 0 radical (unpaired) electrons. The van der Waals surface area contributed by atoms with Crippen molar-refractivity contribution in [3.63, 3.8) is 0 Å². The Morgan fingerprint density at radius 2 is 1.84 bits per heavy atom. The molecule has 0 aliphatic heterocycles. The lowest BCUT2D eigenvalue weighted by Crippen LogP contribution is -2.35. The number of nitrogens with one attached hydrogen (secondary N) is 1. The Kier molecular flexibility index (Phi) is 6.00. The van der Waals surface area contributed by atoms with E-state index in [4.69, 9.17) is 23.2 Å². The molecule has 1 aliphatic carbocycles. The fourth-order valence-electron chi connectivity index (χ4n) is 3.14. The molecule has 1 saturated carbocycles. The lowest BCUT2D eigenvalue weighted by atomic mass is 9.88. The number of hydrogen-bond acceptors (Lipinski definition) is 1. The number of likely N-dealkylation sites (N-methyl/N-ethyl adjacent to an activating group) is 1. The molecule has 1 N–H and O–H groups in total. The molecular weight excluding hydrogens is 277 g/mol. The highest BCUT2D eigenvalue weighted by Gasteiger charge is 2.22. The third-order valence-corrected chi connectivity index (χ3v) is 4.88. The molecule has 1 atom stereocenters. The van der Waals surface area contributed by atoms with Gasteiger partial charge in [0.25, 0.3) is 0 Å². The summed E-state index contributed by atoms with van der Waals surface area (Å²) in [5.74, 6) is 0.777. The van der Waals surface area contributed by atoms with Crippen molar-refractivity contribution >= 4 is 23.2 Å². The van der Waals surface area contributed by atoms with Gasteiger partial charge in [-0.15, -0.1) is 0 Å². The zero-order chi connectivity index (χ0) is 13.7. The SMILES string of the molecule is CNC(Cc1ccc(Cl)cc1Cl)C1CCCCCC1. The van der Waals surface area contributed by atoms with Crippen LogP contribution in [0.5, 0.6) is 0 Å². The molecule has 1 nitrogen and oxygen atoms in total. The van der Waals surface area contributed by atoms with Crippen LogP contribution >= 0.6 is 23.2 Å². The molecule has 1 aromatic carbocycles. The summed E-state index contributed by atoms with van der Waals surface area (Å²) < 4.78 is 0. The summed E-state index contributed by atoms with van der Waals surface area (Å²) in [7, 11) is 2.07. The van der Waals surface area contributed by atoms with Gasteiger partial charge in [-0.2, -0.15) is 0 Å². The Labute approximate surface area is 126 Å². The van der Waals surface area contributed by atoms with E-state index in [-0.39, 0.29) is 0 Å². The first-order valence-electron chi connectivity index (χ1n) is 7.32. The summed E-state index contributed by atoms with van der Waals surface area (Å²) in [5.41, 5.74) is 1.20. The van der Waals surface area contributed by atoms with Crippen LogP contribution in [-0.4, -0.2) is 13.1 Å². The molecule has 1 aromatic rings. The number of halogens is 2. The number of rotatable bonds is 4. The van der Waals surface area contributed by atoms with E-state index in [1.54, 1.807) is 0 Å². The highest BCUT2D eigenvalue weighted by atomic mass is 35.5. The molecule has 0 heterocycles. The lowest BCUT2D eigenvalue weighted by molar-refractivity contribution is 0.332. The smallest absolute Gasteiger partial charge is 0.0453 e. The zero-order valence-electron chi connectivity index (χ0n) is 11.6. The van der Waals surface area contributed by atoms with Gasteiger partial charge in [0.1, 0.15) is 0 Å². The second-order valence-corrected chi connectivity index (χ2v) is 6.43. The third kappa shape index (κ3) is 4.37. The molecule has 1 fully saturated rings. The minimum absolute atomic E-state index is 0.525. The van der Waals surface area contributed by atoms with Gasteiger partial charge in [-0.1, -0.05) is 55.0 Å². The maximum absolute atomic E-state index is 6.29. The highest BCUT2D eigenvalue weighted by Crippen LogP contribution is 2.29. The predicted octanol–water partition coefficient (Wildman–Crippen LogP) is 5.09. The summed E-state index contributed by atoms with van der Waals surface area (Å²) in [6.07, 6.45) is 9.22. The monoisotopic (exact) mass is 299 g/mol. The molecule has 1 unspecified atom stereocenters. The van der Waals surface area contributed by atoms with Crippen LogP contribution in [0.4, 0.5) is 0 Å². The van der Waals surface area contributed by atoms with E-state index < -0.39 is 0 Å². The van der Waals surface area contributed by atoms with Gasteiger partial charge in [0, 0.05) is 16.1 Å². The normalized spacial score (nSPS) is 19.1. The second-order valence-electron chi connectivity index (χ2n) is 5.59. The van der Waals surface area contributed by atoms with E-state index in [1.165, 1.54) is 44.1 Å². The average molecular weight is 300 g/mol. The van der Waals surface area contributed by atoms with Crippen LogP contribution in [0.2, 0.25) is 10.0 Å². The molecule has 1 aliphatic rings. The van der Waals surface area contributed by atoms with E-state index in [9.17, 15) is 0 Å². The number of hydrogen-bond donors (Lipinski definition) is 1. The van der Waals surface area contributed by atoms with E-state index in [0.29, 0.717) is 11.1 Å². The number of benzene rings is 1. The van der Waals surface area contributed by atoms with Crippen molar-refractivity contribution in [1.29, 1.82) is 0 Å². The fraction of sp³-hybridized carbons (Fsp3) is 0.625. The quantitative estimate of drug-likeness (QED) is 0.763. The maximum Gasteiger partial charge on any atom is 0.0453 e. The van der Waals surface area contributed by atoms with Gasteiger partial charge in [0.05, 0.1) is 0 Å². The van der Waals surface area contributed by atoms with Crippen molar-refractivity contribution in [2.45, 2.75) is 51.0 Å². The first-order chi connectivity index (χ1) is 9.20. The van der Waals surface area contributed by atoms with E-state index >= 15 is 0 Å². The minimum atomic E-state index is 0.525. The molecule has 0 bridgehead atoms. The standard InChI is InChI=1S/C16H23Cl2N/c1-19-16(12-6-4-2-3-5-7-12)10-13-8-9-14(17)11-15(13)18/h8-9,11-12,16,19H,2-7,10H2,1H3. The summed E-state index contributed by atoms with van der Waals surface area (Å²) >= 11 is 12.2. The Bertz CT molecular complexity index is 398. The maximum atomic E-state index is 6.29. The van der Waals surface area contributed by atoms with Gasteiger partial charge in [-0.3, -0.25) is 0 Å². The first-order valence-corrected chi connectivity index (χ1v) is 8.07. The van der Waals surface area contributed by atoms with Gasteiger partial charge >= 0.3 is 0 Å². The first kappa shape index (κ1) is 15.2. The van der Waals surface area contributed by atoms with Crippen LogP contribution in [0, 0.1) is 5.92 Å². The largest absolute Gasteiger partial charge is 0.316 e. The zero-order valence-corrected chi connectivity index (χ0v) is 13.1. The van der Waals surface area contributed by atoms with Crippen LogP contribution in [0.1, 0.15) is 44.1 Å². The van der Waals surface area contributed by atoms with Gasteiger partial charge in [-0.25, -0.2) is 0 Å². The van der Waals surface area contributed by atoms with Crippen molar-refractivity contribution in [2.75, 3.05) is 7.05 Å². The molecule has 0 spiro atoms. The van der Waals surface area contributed by atoms with Crippen molar-refractivity contribution < 1.29 is 0 Å². The lowest BCUT2D eigenvalue weighted by Gasteiger charge is -2.26. The topological polar surface area (TPSA) is 12.0 Å². The van der Waals surface area contributed by atoms with Crippen LogP contribution in [-0.2, 0) is 6.42 Å². The Morgan fingerprint density at radius 3 is 2.42 bits per heavy atom. The van der Waals surface area contributed by atoms with Crippen molar-refractivity contribution in [2.24, 2.45) is 5.92 Å². The summed E-state index contributed by atoms with van der Waals surface area (Å²) in [4.78, 5) is 0. The van der Waals surface area contributed by atoms with Gasteiger partial charge in [0.2, 0.25) is 0 Å². The molecule has 106 valence electrons. The highest BCUT2D eigenvalue weighted by molar-refractivity contribution is 6.35. The van der Waals surface area contributed by atoms with Gasteiger partial charge < -0.3 is 5.32 Å². The van der Waals surface area contributed by atoms with E-state index in [0.717, 1.165) is 17.4 Å². The Hall–Kier alpha value is -0.240. The van der Waals surface area contributed by atoms with Crippen molar-refractivity contribution in [1.82, 2.24) is 5.32 Å². The van der Waals surface area contributed by atoms with Gasteiger partial charge in [0.15, 0.2) is 0 Å². The summed E-state index contributed by atoms with van der Waals surface area (Å²) in [6, 6.07) is 6.36. The van der Waals surface area contributed by atoms with Crippen LogP contribution in [0.15, 0.2) is 18.2 Å². The van der Waals surface area contributed by atoms with E-state index in [2.05, 4.69) is 18.4 Å². The summed E-state index contributed by atoms with van der Waals surface area (Å²) in [5, 5.41) is 5.00. The Morgan fingerprint density at radius 1 is 1.16 bits per heavy atom. The molecule has 3 heteroatoms. The van der Waals surface area contributed by atoms with Crippen molar-refractivity contribution in [3.8, 4) is 0 Å². The predicted molar refractivity (Wildman–Crippen MR) is 84.2 cm³/mol. The molecule has 0 amide bonds. The summed E-state index contributed by atoms with van der Waals surface area (Å²) in [6.45, 7) is 0. The van der Waals surface area contributed by atoms with Gasteiger partial charge in [-0.05, 0) is 49.9 Å². The Balaban J connectivity index is 2.04. The van der Waals surface area contributed by atoms with Crippen molar-refractivity contribution in [3.05, 3.63) is 33.8 Å². The van der Waals surface area contributed by atoms with Crippen LogP contribution < -0.4 is 5.32 Å². The fourth-order valence-corrected chi connectivity index (χ4v) is 3.63.